The molecule has 8 nitrogen and oxygen atoms in total. The number of anilines is 1. The second kappa shape index (κ2) is 12.4. The molecule has 0 unspecified atom stereocenters. The molecule has 0 saturated heterocycles. The molecule has 0 radical (unpaired) electrons. The van der Waals surface area contributed by atoms with Gasteiger partial charge in [0.2, 0.25) is 0 Å². The maximum Gasteiger partial charge on any atom is 0.323 e. The van der Waals surface area contributed by atoms with Crippen LogP contribution >= 0.6 is 0 Å². The van der Waals surface area contributed by atoms with Crippen molar-refractivity contribution in [2.75, 3.05) is 32.2 Å². The third-order valence-corrected chi connectivity index (χ3v) is 6.31. The second-order valence-electron chi connectivity index (χ2n) is 9.19. The number of carbonyl (C=O) groups excluding carboxylic acids is 1. The minimum atomic E-state index is -0.134. The van der Waals surface area contributed by atoms with Crippen LogP contribution in [0.25, 0.3) is 0 Å². The first kappa shape index (κ1) is 26.3. The molecular formula is C29H35N3O5. The summed E-state index contributed by atoms with van der Waals surface area (Å²) in [5.41, 5.74) is 3.26. The number of aromatic nitrogens is 2. The fourth-order valence-electron chi connectivity index (χ4n) is 4.41. The fraction of sp³-hybridized carbons (Fsp3) is 0.414. The third kappa shape index (κ3) is 6.90. The lowest BCUT2D eigenvalue weighted by atomic mass is 10.1. The van der Waals surface area contributed by atoms with Gasteiger partial charge in [0.15, 0.2) is 0 Å². The van der Waals surface area contributed by atoms with Gasteiger partial charge in [0.25, 0.3) is 0 Å². The van der Waals surface area contributed by atoms with Gasteiger partial charge in [-0.1, -0.05) is 19.1 Å². The van der Waals surface area contributed by atoms with E-state index in [0.717, 1.165) is 54.9 Å². The number of rotatable bonds is 12. The van der Waals surface area contributed by atoms with Gasteiger partial charge in [-0.15, -0.1) is 0 Å². The van der Waals surface area contributed by atoms with Gasteiger partial charge < -0.3 is 23.8 Å². The van der Waals surface area contributed by atoms with E-state index in [9.17, 15) is 4.79 Å². The Bertz CT molecular complexity index is 1220. The standard InChI is InChI=1S/C29H35N3O5/c1-5-8-27(33)37-26-14-11-21-17-23(12-13-25(21)26)35-16-7-15-32(3)28-20(2)19-30-29(31-28)36-24-10-6-9-22(18-24)34-4/h6,9-10,12-13,17-19,26H,5,7-8,11,14-16H2,1-4H3/t26-/m0/s1. The van der Waals surface area contributed by atoms with E-state index in [1.54, 1.807) is 19.4 Å². The SMILES string of the molecule is CCCC(=O)O[C@H]1CCc2cc(OCCCN(C)c3nc(Oc4cccc(OC)c4)ncc3C)ccc21. The molecule has 1 atom stereocenters. The number of methoxy groups -OCH3 is 1. The van der Waals surface area contributed by atoms with Crippen LogP contribution in [0.5, 0.6) is 23.3 Å². The van der Waals surface area contributed by atoms with Crippen molar-refractivity contribution in [1.82, 2.24) is 9.97 Å². The van der Waals surface area contributed by atoms with Gasteiger partial charge >= 0.3 is 12.0 Å². The molecule has 196 valence electrons. The van der Waals surface area contributed by atoms with Crippen LogP contribution in [0, 0.1) is 6.92 Å². The van der Waals surface area contributed by atoms with Gasteiger partial charge in [0, 0.05) is 37.8 Å². The van der Waals surface area contributed by atoms with E-state index in [4.69, 9.17) is 18.9 Å². The number of carbonyl (C=O) groups is 1. The van der Waals surface area contributed by atoms with Crippen LogP contribution in [0.4, 0.5) is 5.82 Å². The van der Waals surface area contributed by atoms with Crippen LogP contribution in [-0.2, 0) is 16.0 Å². The molecule has 3 aromatic rings. The molecule has 2 aromatic carbocycles. The lowest BCUT2D eigenvalue weighted by Crippen LogP contribution is -2.22. The van der Waals surface area contributed by atoms with E-state index in [0.29, 0.717) is 24.5 Å². The van der Waals surface area contributed by atoms with Crippen molar-refractivity contribution in [3.63, 3.8) is 0 Å². The van der Waals surface area contributed by atoms with Crippen LogP contribution in [0.15, 0.2) is 48.7 Å². The van der Waals surface area contributed by atoms with E-state index in [-0.39, 0.29) is 18.1 Å². The number of fused-ring (bicyclic) bond motifs is 1. The molecule has 0 aliphatic heterocycles. The molecule has 0 saturated carbocycles. The van der Waals surface area contributed by atoms with Crippen molar-refractivity contribution in [3.8, 4) is 23.3 Å². The normalized spacial score (nSPS) is 14.1. The van der Waals surface area contributed by atoms with Crippen molar-refractivity contribution in [1.29, 1.82) is 0 Å². The first-order chi connectivity index (χ1) is 18.0. The fourth-order valence-corrected chi connectivity index (χ4v) is 4.41. The lowest BCUT2D eigenvalue weighted by Gasteiger charge is -2.20. The van der Waals surface area contributed by atoms with Crippen molar-refractivity contribution < 1.29 is 23.7 Å². The van der Waals surface area contributed by atoms with E-state index in [2.05, 4.69) is 20.9 Å². The van der Waals surface area contributed by atoms with Crippen molar-refractivity contribution in [2.45, 2.75) is 52.1 Å². The third-order valence-electron chi connectivity index (χ3n) is 6.31. The molecule has 1 aliphatic carbocycles. The average Bonchev–Trinajstić information content (AvgIpc) is 3.29. The smallest absolute Gasteiger partial charge is 0.323 e. The Labute approximate surface area is 218 Å². The molecule has 1 aliphatic rings. The number of nitrogens with zero attached hydrogens (tertiary/aromatic N) is 3. The zero-order valence-electron chi connectivity index (χ0n) is 22.0. The molecular weight excluding hydrogens is 470 g/mol. The number of hydrogen-bond acceptors (Lipinski definition) is 8. The highest BCUT2D eigenvalue weighted by Crippen LogP contribution is 2.36. The van der Waals surface area contributed by atoms with Crippen molar-refractivity contribution in [3.05, 3.63) is 65.4 Å². The quantitative estimate of drug-likeness (QED) is 0.225. The van der Waals surface area contributed by atoms with Crippen LogP contribution in [0.3, 0.4) is 0 Å². The number of ether oxygens (including phenoxy) is 4. The van der Waals surface area contributed by atoms with Crippen LogP contribution in [-0.4, -0.2) is 43.2 Å². The monoisotopic (exact) mass is 505 g/mol. The van der Waals surface area contributed by atoms with E-state index in [1.807, 2.05) is 51.2 Å². The number of benzene rings is 2. The van der Waals surface area contributed by atoms with Crippen LogP contribution in [0.1, 0.15) is 55.4 Å². The molecule has 1 aromatic heterocycles. The molecule has 0 fully saturated rings. The number of aryl methyl sites for hydroxylation is 2. The Morgan fingerprint density at radius 1 is 1.14 bits per heavy atom. The predicted molar refractivity (Wildman–Crippen MR) is 142 cm³/mol. The number of esters is 1. The molecule has 4 rings (SSSR count). The summed E-state index contributed by atoms with van der Waals surface area (Å²) >= 11 is 0. The summed E-state index contributed by atoms with van der Waals surface area (Å²) in [5, 5.41) is 0. The molecule has 8 heteroatoms. The summed E-state index contributed by atoms with van der Waals surface area (Å²) in [5.74, 6) is 2.86. The Kier molecular flexibility index (Phi) is 8.82. The molecule has 1 heterocycles. The summed E-state index contributed by atoms with van der Waals surface area (Å²) in [6, 6.07) is 13.7. The Morgan fingerprint density at radius 3 is 2.78 bits per heavy atom. The van der Waals surface area contributed by atoms with Gasteiger partial charge in [-0.05, 0) is 68.0 Å². The second-order valence-corrected chi connectivity index (χ2v) is 9.19. The molecule has 0 spiro atoms. The van der Waals surface area contributed by atoms with Gasteiger partial charge in [0.1, 0.15) is 29.2 Å². The van der Waals surface area contributed by atoms with Gasteiger partial charge in [0.05, 0.1) is 13.7 Å². The largest absolute Gasteiger partial charge is 0.497 e. The van der Waals surface area contributed by atoms with Gasteiger partial charge in [-0.3, -0.25) is 4.79 Å². The molecule has 0 N–H and O–H groups in total. The van der Waals surface area contributed by atoms with Crippen LogP contribution in [0.2, 0.25) is 0 Å². The van der Waals surface area contributed by atoms with Crippen LogP contribution < -0.4 is 19.1 Å². The van der Waals surface area contributed by atoms with E-state index >= 15 is 0 Å². The summed E-state index contributed by atoms with van der Waals surface area (Å²) < 4.78 is 22.8. The zero-order chi connectivity index (χ0) is 26.2. The van der Waals surface area contributed by atoms with Crippen molar-refractivity contribution in [2.24, 2.45) is 0 Å². The first-order valence-corrected chi connectivity index (χ1v) is 12.8. The summed E-state index contributed by atoms with van der Waals surface area (Å²) in [6.07, 6.45) is 5.45. The summed E-state index contributed by atoms with van der Waals surface area (Å²) in [7, 11) is 3.62. The predicted octanol–water partition coefficient (Wildman–Crippen LogP) is 5.82. The topological polar surface area (TPSA) is 83.0 Å². The highest BCUT2D eigenvalue weighted by Gasteiger charge is 2.26. The average molecular weight is 506 g/mol. The van der Waals surface area contributed by atoms with Gasteiger partial charge in [-0.2, -0.15) is 4.98 Å². The zero-order valence-corrected chi connectivity index (χ0v) is 22.0. The highest BCUT2D eigenvalue weighted by molar-refractivity contribution is 5.69. The molecule has 0 amide bonds. The number of hydrogen-bond donors (Lipinski definition) is 0. The van der Waals surface area contributed by atoms with Gasteiger partial charge in [-0.25, -0.2) is 4.98 Å². The minimum Gasteiger partial charge on any atom is -0.497 e. The Morgan fingerprint density at radius 2 is 1.97 bits per heavy atom. The highest BCUT2D eigenvalue weighted by atomic mass is 16.5. The van der Waals surface area contributed by atoms with E-state index < -0.39 is 0 Å². The maximum atomic E-state index is 11.9. The summed E-state index contributed by atoms with van der Waals surface area (Å²) in [4.78, 5) is 22.9. The first-order valence-electron chi connectivity index (χ1n) is 12.8. The molecule has 37 heavy (non-hydrogen) atoms. The Balaban J connectivity index is 1.28. The maximum absolute atomic E-state index is 11.9. The molecule has 0 bridgehead atoms. The Hall–Kier alpha value is -3.81. The summed E-state index contributed by atoms with van der Waals surface area (Å²) in [6.45, 7) is 5.30. The van der Waals surface area contributed by atoms with E-state index in [1.165, 1.54) is 5.56 Å². The minimum absolute atomic E-state index is 0.122. The lowest BCUT2D eigenvalue weighted by molar-refractivity contribution is -0.149. The van der Waals surface area contributed by atoms with Crippen molar-refractivity contribution >= 4 is 11.8 Å².